The Labute approximate surface area is 155 Å². The van der Waals surface area contributed by atoms with Crippen LogP contribution in [0, 0.1) is 12.8 Å². The SMILES string of the molecule is Cc1c([C@@H]2c3ccccc3C(=O)N2CCC(C)C)c2ccccc2n1C. The topological polar surface area (TPSA) is 25.2 Å². The molecule has 0 radical (unpaired) electrons. The lowest BCUT2D eigenvalue weighted by molar-refractivity contribution is 0.0742. The van der Waals surface area contributed by atoms with Crippen LogP contribution in [0.3, 0.4) is 0 Å². The molecule has 0 saturated carbocycles. The molecule has 3 nitrogen and oxygen atoms in total. The summed E-state index contributed by atoms with van der Waals surface area (Å²) >= 11 is 0. The second-order valence-electron chi connectivity index (χ2n) is 7.75. The largest absolute Gasteiger partial charge is 0.348 e. The lowest BCUT2D eigenvalue weighted by atomic mass is 9.95. The Bertz CT molecular complexity index is 983. The third-order valence-electron chi connectivity index (χ3n) is 5.73. The van der Waals surface area contributed by atoms with E-state index in [0.717, 1.165) is 24.1 Å². The Morgan fingerprint density at radius 1 is 1.04 bits per heavy atom. The van der Waals surface area contributed by atoms with Crippen LogP contribution >= 0.6 is 0 Å². The highest BCUT2D eigenvalue weighted by Gasteiger charge is 2.39. The van der Waals surface area contributed by atoms with Gasteiger partial charge in [0.15, 0.2) is 0 Å². The number of fused-ring (bicyclic) bond motifs is 2. The Morgan fingerprint density at radius 2 is 1.73 bits per heavy atom. The Hall–Kier alpha value is -2.55. The number of carbonyl (C=O) groups is 1. The number of aryl methyl sites for hydroxylation is 1. The third kappa shape index (κ3) is 2.45. The number of benzene rings is 2. The predicted molar refractivity (Wildman–Crippen MR) is 106 cm³/mol. The number of rotatable bonds is 4. The molecule has 134 valence electrons. The molecule has 0 saturated heterocycles. The summed E-state index contributed by atoms with van der Waals surface area (Å²) in [5.41, 5.74) is 5.72. The summed E-state index contributed by atoms with van der Waals surface area (Å²) in [4.78, 5) is 15.2. The maximum absolute atomic E-state index is 13.2. The summed E-state index contributed by atoms with van der Waals surface area (Å²) in [6, 6.07) is 16.6. The van der Waals surface area contributed by atoms with Crippen LogP contribution in [-0.4, -0.2) is 21.9 Å². The van der Waals surface area contributed by atoms with Gasteiger partial charge in [0.05, 0.1) is 6.04 Å². The molecule has 1 aliphatic rings. The normalized spacial score (nSPS) is 16.7. The van der Waals surface area contributed by atoms with Crippen molar-refractivity contribution >= 4 is 16.8 Å². The molecular weight excluding hydrogens is 320 g/mol. The van der Waals surface area contributed by atoms with Crippen LogP contribution in [0.1, 0.15) is 53.5 Å². The smallest absolute Gasteiger partial charge is 0.255 e. The van der Waals surface area contributed by atoms with Crippen LogP contribution in [0.2, 0.25) is 0 Å². The minimum Gasteiger partial charge on any atom is -0.348 e. The number of para-hydroxylation sites is 1. The van der Waals surface area contributed by atoms with Gasteiger partial charge in [-0.1, -0.05) is 50.2 Å². The van der Waals surface area contributed by atoms with Gasteiger partial charge in [0.25, 0.3) is 5.91 Å². The first kappa shape index (κ1) is 16.9. The summed E-state index contributed by atoms with van der Waals surface area (Å²) in [6.45, 7) is 7.39. The maximum atomic E-state index is 13.2. The number of hydrogen-bond donors (Lipinski definition) is 0. The fourth-order valence-corrected chi connectivity index (χ4v) is 4.20. The van der Waals surface area contributed by atoms with E-state index in [4.69, 9.17) is 0 Å². The molecule has 4 rings (SSSR count). The summed E-state index contributed by atoms with van der Waals surface area (Å²) in [5, 5.41) is 1.25. The van der Waals surface area contributed by atoms with Crippen molar-refractivity contribution in [2.45, 2.75) is 33.2 Å². The molecule has 1 amide bonds. The van der Waals surface area contributed by atoms with Gasteiger partial charge in [0.1, 0.15) is 0 Å². The second-order valence-corrected chi connectivity index (χ2v) is 7.75. The predicted octanol–water partition coefficient (Wildman–Crippen LogP) is 5.08. The van der Waals surface area contributed by atoms with Crippen molar-refractivity contribution in [2.24, 2.45) is 13.0 Å². The number of carbonyl (C=O) groups excluding carboxylic acids is 1. The molecule has 1 aliphatic heterocycles. The molecule has 26 heavy (non-hydrogen) atoms. The molecule has 0 bridgehead atoms. The van der Waals surface area contributed by atoms with Gasteiger partial charge in [-0.05, 0) is 37.0 Å². The van der Waals surface area contributed by atoms with Crippen molar-refractivity contribution in [3.8, 4) is 0 Å². The molecule has 2 heterocycles. The standard InChI is InChI=1S/C23H26N2O/c1-15(2)13-14-25-22(17-9-5-6-10-18(17)23(25)26)21-16(3)24(4)20-12-8-7-11-19(20)21/h5-12,15,22H,13-14H2,1-4H3/t22-/m0/s1. The highest BCUT2D eigenvalue weighted by Crippen LogP contribution is 2.43. The van der Waals surface area contributed by atoms with Crippen molar-refractivity contribution in [1.82, 2.24) is 9.47 Å². The highest BCUT2D eigenvalue weighted by atomic mass is 16.2. The zero-order valence-corrected chi connectivity index (χ0v) is 16.0. The first-order valence-corrected chi connectivity index (χ1v) is 9.44. The van der Waals surface area contributed by atoms with Crippen LogP contribution in [-0.2, 0) is 7.05 Å². The van der Waals surface area contributed by atoms with Gasteiger partial charge in [0, 0.05) is 41.3 Å². The van der Waals surface area contributed by atoms with Crippen molar-refractivity contribution in [1.29, 1.82) is 0 Å². The van der Waals surface area contributed by atoms with Gasteiger partial charge < -0.3 is 9.47 Å². The van der Waals surface area contributed by atoms with Gasteiger partial charge in [-0.15, -0.1) is 0 Å². The number of nitrogens with zero attached hydrogens (tertiary/aromatic N) is 2. The fraction of sp³-hybridized carbons (Fsp3) is 0.348. The molecule has 3 heteroatoms. The van der Waals surface area contributed by atoms with E-state index in [-0.39, 0.29) is 11.9 Å². The fourth-order valence-electron chi connectivity index (χ4n) is 4.20. The van der Waals surface area contributed by atoms with Gasteiger partial charge in [-0.3, -0.25) is 4.79 Å². The van der Waals surface area contributed by atoms with Crippen molar-refractivity contribution < 1.29 is 4.79 Å². The van der Waals surface area contributed by atoms with Crippen LogP contribution in [0.5, 0.6) is 0 Å². The van der Waals surface area contributed by atoms with Gasteiger partial charge in [-0.2, -0.15) is 0 Å². The molecule has 1 aromatic heterocycles. The molecule has 3 aromatic rings. The van der Waals surface area contributed by atoms with E-state index >= 15 is 0 Å². The summed E-state index contributed by atoms with van der Waals surface area (Å²) in [5.74, 6) is 0.736. The van der Waals surface area contributed by atoms with Crippen LogP contribution < -0.4 is 0 Å². The van der Waals surface area contributed by atoms with Gasteiger partial charge in [0.2, 0.25) is 0 Å². The molecule has 0 unspecified atom stereocenters. The lowest BCUT2D eigenvalue weighted by Crippen LogP contribution is -2.30. The van der Waals surface area contributed by atoms with Crippen molar-refractivity contribution in [2.75, 3.05) is 6.54 Å². The minimum atomic E-state index is 0.00329. The Balaban J connectivity index is 1.93. The maximum Gasteiger partial charge on any atom is 0.255 e. The zero-order chi connectivity index (χ0) is 18.4. The molecule has 0 spiro atoms. The molecule has 0 fully saturated rings. The Kier molecular flexibility index (Phi) is 4.10. The molecule has 0 aliphatic carbocycles. The van der Waals surface area contributed by atoms with E-state index in [1.54, 1.807) is 0 Å². The van der Waals surface area contributed by atoms with E-state index in [0.29, 0.717) is 5.92 Å². The lowest BCUT2D eigenvalue weighted by Gasteiger charge is -2.27. The van der Waals surface area contributed by atoms with Crippen LogP contribution in [0.15, 0.2) is 48.5 Å². The number of hydrogen-bond acceptors (Lipinski definition) is 1. The average Bonchev–Trinajstić information content (AvgIpc) is 3.05. The minimum absolute atomic E-state index is 0.00329. The monoisotopic (exact) mass is 346 g/mol. The molecule has 2 aromatic carbocycles. The first-order chi connectivity index (χ1) is 12.5. The highest BCUT2D eigenvalue weighted by molar-refractivity contribution is 6.01. The quantitative estimate of drug-likeness (QED) is 0.647. The average molecular weight is 346 g/mol. The zero-order valence-electron chi connectivity index (χ0n) is 16.0. The second kappa shape index (κ2) is 6.31. The van der Waals surface area contributed by atoms with E-state index < -0.39 is 0 Å². The molecule has 1 atom stereocenters. The third-order valence-corrected chi connectivity index (χ3v) is 5.73. The first-order valence-electron chi connectivity index (χ1n) is 9.44. The van der Waals surface area contributed by atoms with E-state index in [9.17, 15) is 4.79 Å². The van der Waals surface area contributed by atoms with E-state index in [2.05, 4.69) is 67.6 Å². The van der Waals surface area contributed by atoms with Crippen molar-refractivity contribution in [3.05, 3.63) is 70.9 Å². The van der Waals surface area contributed by atoms with Crippen LogP contribution in [0.25, 0.3) is 10.9 Å². The van der Waals surface area contributed by atoms with Gasteiger partial charge >= 0.3 is 0 Å². The summed E-state index contributed by atoms with van der Waals surface area (Å²) in [7, 11) is 2.11. The number of amides is 1. The van der Waals surface area contributed by atoms with Gasteiger partial charge in [-0.25, -0.2) is 0 Å². The molecular formula is C23H26N2O. The summed E-state index contributed by atoms with van der Waals surface area (Å²) < 4.78 is 2.25. The number of aromatic nitrogens is 1. The van der Waals surface area contributed by atoms with Crippen LogP contribution in [0.4, 0.5) is 0 Å². The Morgan fingerprint density at radius 3 is 2.50 bits per heavy atom. The van der Waals surface area contributed by atoms with Crippen molar-refractivity contribution in [3.63, 3.8) is 0 Å². The molecule has 0 N–H and O–H groups in total. The summed E-state index contributed by atoms with van der Waals surface area (Å²) in [6.07, 6.45) is 1.01. The van der Waals surface area contributed by atoms with E-state index in [1.165, 1.54) is 22.2 Å². The van der Waals surface area contributed by atoms with E-state index in [1.807, 2.05) is 18.2 Å².